The number of fused-ring (bicyclic) bond motifs is 1. The quantitative estimate of drug-likeness (QED) is 0.257. The second-order valence-corrected chi connectivity index (χ2v) is 6.41. The predicted molar refractivity (Wildman–Crippen MR) is 92.6 cm³/mol. The predicted octanol–water partition coefficient (Wildman–Crippen LogP) is 1.84. The van der Waals surface area contributed by atoms with E-state index in [0.717, 1.165) is 50.6 Å². The van der Waals surface area contributed by atoms with Crippen molar-refractivity contribution in [3.05, 3.63) is 17.5 Å². The van der Waals surface area contributed by atoms with E-state index in [0.29, 0.717) is 23.8 Å². The van der Waals surface area contributed by atoms with Crippen molar-refractivity contribution in [3.63, 3.8) is 0 Å². The molecule has 0 saturated carbocycles. The van der Waals surface area contributed by atoms with E-state index in [-0.39, 0.29) is 12.5 Å². The fourth-order valence-corrected chi connectivity index (χ4v) is 2.97. The highest BCUT2D eigenvalue weighted by atomic mass is 16.5. The van der Waals surface area contributed by atoms with Crippen molar-refractivity contribution in [2.75, 3.05) is 12.0 Å². The number of nitrogens with one attached hydrogen (secondary N) is 2. The fraction of sp³-hybridized carbons (Fsp3) is 0.647. The van der Waals surface area contributed by atoms with Crippen LogP contribution >= 0.6 is 0 Å². The van der Waals surface area contributed by atoms with Gasteiger partial charge >= 0.3 is 0 Å². The summed E-state index contributed by atoms with van der Waals surface area (Å²) < 4.78 is 0. The lowest BCUT2D eigenvalue weighted by molar-refractivity contribution is -0.154. The maximum Gasteiger partial charge on any atom is 0.243 e. The molecule has 0 spiro atoms. The van der Waals surface area contributed by atoms with Crippen molar-refractivity contribution in [2.45, 2.75) is 58.3 Å². The first-order valence-corrected chi connectivity index (χ1v) is 8.95. The fourth-order valence-electron chi connectivity index (χ4n) is 2.97. The van der Waals surface area contributed by atoms with Gasteiger partial charge in [0.05, 0.1) is 12.5 Å². The van der Waals surface area contributed by atoms with E-state index >= 15 is 0 Å². The molecule has 2 rings (SSSR count). The van der Waals surface area contributed by atoms with Gasteiger partial charge in [0.15, 0.2) is 0 Å². The molecule has 25 heavy (non-hydrogen) atoms. The molecule has 2 amide bonds. The second-order valence-electron chi connectivity index (χ2n) is 6.41. The highest BCUT2D eigenvalue weighted by Gasteiger charge is 2.21. The van der Waals surface area contributed by atoms with Crippen LogP contribution < -0.4 is 10.9 Å². The van der Waals surface area contributed by atoms with Crippen LogP contribution in [0.15, 0.2) is 6.20 Å². The molecule has 0 aromatic carbocycles. The highest BCUT2D eigenvalue weighted by Crippen LogP contribution is 2.19. The van der Waals surface area contributed by atoms with Gasteiger partial charge in [-0.3, -0.25) is 25.6 Å². The van der Waals surface area contributed by atoms with E-state index in [9.17, 15) is 14.8 Å². The SMILES string of the molecule is CCCCCC(CN(O)C=O)C(=O)NNc1ncc2c(n1)CCCC2. The number of rotatable bonds is 10. The number of anilines is 1. The summed E-state index contributed by atoms with van der Waals surface area (Å²) in [4.78, 5) is 31.7. The maximum absolute atomic E-state index is 12.4. The topological polar surface area (TPSA) is 107 Å². The van der Waals surface area contributed by atoms with Crippen molar-refractivity contribution in [1.29, 1.82) is 0 Å². The van der Waals surface area contributed by atoms with Gasteiger partial charge in [0.1, 0.15) is 0 Å². The molecule has 0 bridgehead atoms. The first-order valence-electron chi connectivity index (χ1n) is 8.95. The summed E-state index contributed by atoms with van der Waals surface area (Å²) in [7, 11) is 0. The number of carbonyl (C=O) groups excluding carboxylic acids is 2. The molecule has 0 radical (unpaired) electrons. The summed E-state index contributed by atoms with van der Waals surface area (Å²) in [5.74, 6) is -0.428. The third-order valence-electron chi connectivity index (χ3n) is 4.42. The number of hydrogen-bond acceptors (Lipinski definition) is 6. The van der Waals surface area contributed by atoms with E-state index in [4.69, 9.17) is 0 Å². The van der Waals surface area contributed by atoms with Crippen LogP contribution in [0.3, 0.4) is 0 Å². The van der Waals surface area contributed by atoms with Gasteiger partial charge in [0.25, 0.3) is 0 Å². The van der Waals surface area contributed by atoms with Crippen molar-refractivity contribution in [3.8, 4) is 0 Å². The normalized spacial score (nSPS) is 14.3. The lowest BCUT2D eigenvalue weighted by Crippen LogP contribution is -2.40. The Labute approximate surface area is 148 Å². The Morgan fingerprint density at radius 2 is 2.20 bits per heavy atom. The van der Waals surface area contributed by atoms with Gasteiger partial charge in [-0.25, -0.2) is 15.0 Å². The van der Waals surface area contributed by atoms with Gasteiger partial charge in [0, 0.05) is 11.9 Å². The molecule has 138 valence electrons. The second kappa shape index (κ2) is 9.93. The Hall–Kier alpha value is -2.22. The Morgan fingerprint density at radius 3 is 2.96 bits per heavy atom. The Bertz CT molecular complexity index is 581. The van der Waals surface area contributed by atoms with Crippen LogP contribution in [0.5, 0.6) is 0 Å². The third-order valence-corrected chi connectivity index (χ3v) is 4.42. The monoisotopic (exact) mass is 349 g/mol. The Morgan fingerprint density at radius 1 is 1.40 bits per heavy atom. The number of unbranched alkanes of at least 4 members (excludes halogenated alkanes) is 2. The number of hydroxylamine groups is 2. The van der Waals surface area contributed by atoms with Crippen LogP contribution in [-0.2, 0) is 22.4 Å². The van der Waals surface area contributed by atoms with Crippen LogP contribution in [-0.4, -0.2) is 39.1 Å². The van der Waals surface area contributed by atoms with E-state index in [1.807, 2.05) is 0 Å². The largest absolute Gasteiger partial charge is 0.286 e. The summed E-state index contributed by atoms with van der Waals surface area (Å²) >= 11 is 0. The van der Waals surface area contributed by atoms with Crippen LogP contribution in [0.4, 0.5) is 5.95 Å². The number of hydrogen-bond donors (Lipinski definition) is 3. The zero-order valence-electron chi connectivity index (χ0n) is 14.7. The standard InChI is InChI=1S/C17H27N5O3/c1-2-3-4-8-14(11-22(25)12-23)16(24)20-21-17-18-10-13-7-5-6-9-15(13)19-17/h10,12,14,25H,2-9,11H2,1H3,(H,20,24)(H,18,19,21). The van der Waals surface area contributed by atoms with Crippen molar-refractivity contribution >= 4 is 18.3 Å². The number of nitrogens with zero attached hydrogens (tertiary/aromatic N) is 3. The summed E-state index contributed by atoms with van der Waals surface area (Å²) in [6, 6.07) is 0. The Balaban J connectivity index is 1.91. The number of aryl methyl sites for hydroxylation is 2. The average Bonchev–Trinajstić information content (AvgIpc) is 2.65. The van der Waals surface area contributed by atoms with E-state index in [2.05, 4.69) is 27.7 Å². The molecule has 1 aromatic heterocycles. The molecule has 0 aliphatic heterocycles. The molecule has 0 saturated heterocycles. The zero-order chi connectivity index (χ0) is 18.1. The van der Waals surface area contributed by atoms with Gasteiger partial charge in [0.2, 0.25) is 18.3 Å². The van der Waals surface area contributed by atoms with Gasteiger partial charge in [-0.05, 0) is 37.7 Å². The molecular formula is C17H27N5O3. The third kappa shape index (κ3) is 5.97. The molecule has 1 aliphatic rings. The molecule has 8 nitrogen and oxygen atoms in total. The molecule has 1 aliphatic carbocycles. The van der Waals surface area contributed by atoms with Crippen molar-refractivity contribution in [1.82, 2.24) is 20.5 Å². The van der Waals surface area contributed by atoms with Crippen LogP contribution in [0, 0.1) is 5.92 Å². The average molecular weight is 349 g/mol. The molecule has 1 unspecified atom stereocenters. The lowest BCUT2D eigenvalue weighted by atomic mass is 9.98. The molecule has 8 heteroatoms. The summed E-state index contributed by atoms with van der Waals surface area (Å²) in [6.07, 6.45) is 9.80. The number of aromatic nitrogens is 2. The summed E-state index contributed by atoms with van der Waals surface area (Å²) in [5.41, 5.74) is 7.54. The van der Waals surface area contributed by atoms with Gasteiger partial charge in [-0.15, -0.1) is 0 Å². The molecule has 0 fully saturated rings. The zero-order valence-corrected chi connectivity index (χ0v) is 14.7. The van der Waals surface area contributed by atoms with E-state index in [1.165, 1.54) is 5.56 Å². The summed E-state index contributed by atoms with van der Waals surface area (Å²) in [6.45, 7) is 2.04. The van der Waals surface area contributed by atoms with Gasteiger partial charge < -0.3 is 0 Å². The van der Waals surface area contributed by atoms with Crippen LogP contribution in [0.25, 0.3) is 0 Å². The molecule has 1 heterocycles. The minimum Gasteiger partial charge on any atom is -0.286 e. The molecule has 1 aromatic rings. The number of amides is 2. The van der Waals surface area contributed by atoms with Crippen molar-refractivity contribution < 1.29 is 14.8 Å². The van der Waals surface area contributed by atoms with Gasteiger partial charge in [-0.2, -0.15) is 0 Å². The molecule has 1 atom stereocenters. The summed E-state index contributed by atoms with van der Waals surface area (Å²) in [5, 5.41) is 9.90. The van der Waals surface area contributed by atoms with E-state index in [1.54, 1.807) is 6.20 Å². The smallest absolute Gasteiger partial charge is 0.243 e. The Kier molecular flexibility index (Phi) is 7.59. The van der Waals surface area contributed by atoms with Gasteiger partial charge in [-0.1, -0.05) is 26.2 Å². The molecule has 3 N–H and O–H groups in total. The van der Waals surface area contributed by atoms with Crippen LogP contribution in [0.2, 0.25) is 0 Å². The lowest BCUT2D eigenvalue weighted by Gasteiger charge is -2.20. The maximum atomic E-state index is 12.4. The highest BCUT2D eigenvalue weighted by molar-refractivity contribution is 5.80. The van der Waals surface area contributed by atoms with E-state index < -0.39 is 5.92 Å². The first-order chi connectivity index (χ1) is 12.1. The molecular weight excluding hydrogens is 322 g/mol. The number of carbonyl (C=O) groups is 2. The first kappa shape index (κ1) is 19.1. The number of hydrazine groups is 1. The minimum atomic E-state index is -0.494. The van der Waals surface area contributed by atoms with Crippen molar-refractivity contribution in [2.24, 2.45) is 5.92 Å². The van der Waals surface area contributed by atoms with Crippen LogP contribution in [0.1, 0.15) is 56.7 Å². The minimum absolute atomic E-state index is 0.0359.